The number of ether oxygens (including phenoxy) is 2. The van der Waals surface area contributed by atoms with Crippen molar-refractivity contribution < 1.29 is 13.9 Å². The predicted octanol–water partition coefficient (Wildman–Crippen LogP) is 12.0. The molecule has 5 heterocycles. The van der Waals surface area contributed by atoms with Gasteiger partial charge in [-0.3, -0.25) is 9.47 Å². The zero-order chi connectivity index (χ0) is 33.2. The van der Waals surface area contributed by atoms with Crippen molar-refractivity contribution in [3.63, 3.8) is 0 Å². The number of aromatic nitrogens is 3. The van der Waals surface area contributed by atoms with E-state index in [4.69, 9.17) is 23.9 Å². The van der Waals surface area contributed by atoms with Crippen molar-refractivity contribution in [1.82, 2.24) is 14.5 Å². The fraction of sp³-hybridized carbons (Fsp3) is 0. The molecule has 3 aromatic heterocycles. The van der Waals surface area contributed by atoms with Gasteiger partial charge in [0.25, 0.3) is 0 Å². The zero-order valence-electron chi connectivity index (χ0n) is 26.9. The molecule has 0 N–H and O–H groups in total. The first-order valence-electron chi connectivity index (χ1n) is 16.9. The van der Waals surface area contributed by atoms with E-state index in [0.29, 0.717) is 11.7 Å². The summed E-state index contributed by atoms with van der Waals surface area (Å²) in [5, 5.41) is 5.13. The van der Waals surface area contributed by atoms with Gasteiger partial charge in [0.05, 0.1) is 28.1 Å². The van der Waals surface area contributed by atoms with Crippen LogP contribution in [0.3, 0.4) is 0 Å². The van der Waals surface area contributed by atoms with Gasteiger partial charge in [-0.05, 0) is 66.7 Å². The molecule has 7 aromatic carbocycles. The van der Waals surface area contributed by atoms with Crippen LogP contribution in [0.25, 0.3) is 71.9 Å². The smallest absolute Gasteiger partial charge is 0.235 e. The number of nitrogens with zero attached hydrogens (tertiary/aromatic N) is 4. The highest BCUT2D eigenvalue weighted by molar-refractivity contribution is 6.16. The second kappa shape index (κ2) is 9.74. The number of hydrogen-bond donors (Lipinski definition) is 0. The summed E-state index contributed by atoms with van der Waals surface area (Å²) in [6.07, 6.45) is 0. The van der Waals surface area contributed by atoms with Gasteiger partial charge >= 0.3 is 0 Å². The van der Waals surface area contributed by atoms with Crippen LogP contribution in [0.15, 0.2) is 150 Å². The first-order valence-corrected chi connectivity index (χ1v) is 16.9. The van der Waals surface area contributed by atoms with E-state index in [0.717, 1.165) is 100 Å². The lowest BCUT2D eigenvalue weighted by atomic mass is 10.0. The molecule has 0 radical (unpaired) electrons. The summed E-state index contributed by atoms with van der Waals surface area (Å²) in [5.41, 5.74) is 8.97. The Morgan fingerprint density at radius 3 is 2.04 bits per heavy atom. The fourth-order valence-corrected chi connectivity index (χ4v) is 7.97. The van der Waals surface area contributed by atoms with Crippen LogP contribution < -0.4 is 14.4 Å². The summed E-state index contributed by atoms with van der Waals surface area (Å²) in [6.45, 7) is 0. The molecule has 0 fully saturated rings. The van der Waals surface area contributed by atoms with E-state index in [1.54, 1.807) is 0 Å². The highest BCUT2D eigenvalue weighted by Crippen LogP contribution is 2.62. The normalized spacial score (nSPS) is 13.0. The van der Waals surface area contributed by atoms with E-state index in [-0.39, 0.29) is 0 Å². The molecule has 51 heavy (non-hydrogen) atoms. The Labute approximate surface area is 290 Å². The highest BCUT2D eigenvalue weighted by Gasteiger charge is 2.37. The molecular formula is C44H24N4O3. The van der Waals surface area contributed by atoms with Crippen LogP contribution in [0.5, 0.6) is 23.0 Å². The molecule has 0 atom stereocenters. The van der Waals surface area contributed by atoms with Gasteiger partial charge in [0.15, 0.2) is 23.0 Å². The molecule has 0 amide bonds. The Bertz CT molecular complexity index is 3110. The van der Waals surface area contributed by atoms with Crippen LogP contribution in [-0.2, 0) is 0 Å². The third kappa shape index (κ3) is 3.61. The van der Waals surface area contributed by atoms with Crippen molar-refractivity contribution in [2.24, 2.45) is 0 Å². The van der Waals surface area contributed by atoms with E-state index in [2.05, 4.69) is 82.3 Å². The van der Waals surface area contributed by atoms with Crippen LogP contribution in [0, 0.1) is 0 Å². The Morgan fingerprint density at radius 1 is 0.490 bits per heavy atom. The van der Waals surface area contributed by atoms with Crippen molar-refractivity contribution >= 4 is 71.7 Å². The number of para-hydroxylation sites is 7. The molecule has 0 saturated heterocycles. The Morgan fingerprint density at radius 2 is 1.18 bits per heavy atom. The molecule has 238 valence electrons. The van der Waals surface area contributed by atoms with Crippen LogP contribution in [0.1, 0.15) is 0 Å². The molecule has 2 aliphatic rings. The summed E-state index contributed by atoms with van der Waals surface area (Å²) in [5.74, 6) is 3.53. The van der Waals surface area contributed by atoms with Gasteiger partial charge in [-0.1, -0.05) is 78.9 Å². The highest BCUT2D eigenvalue weighted by atomic mass is 16.5. The maximum atomic E-state index is 6.92. The average molecular weight is 657 g/mol. The zero-order valence-corrected chi connectivity index (χ0v) is 26.9. The van der Waals surface area contributed by atoms with Crippen molar-refractivity contribution in [3.05, 3.63) is 146 Å². The molecule has 10 aromatic rings. The standard InChI is InChI=1S/C44H24N4O3/c1-4-14-31-28(13-1)40(25-21-22-36-29(23-25)27-12-3-8-18-35(27)49-36)46-44(45-31)48-32-15-5-2-11-26(32)30-24-39-42-43(41(30)48)51-38-20-10-7-17-34(38)47(42)33-16-6-9-19-37(33)50-39/h1-24H. The third-order valence-electron chi connectivity index (χ3n) is 10.2. The Balaban J connectivity index is 1.18. The molecule has 0 saturated carbocycles. The number of rotatable bonds is 2. The van der Waals surface area contributed by atoms with Gasteiger partial charge in [0.2, 0.25) is 5.95 Å². The van der Waals surface area contributed by atoms with Crippen LogP contribution in [0.2, 0.25) is 0 Å². The van der Waals surface area contributed by atoms with Gasteiger partial charge in [0, 0.05) is 32.5 Å². The molecular weight excluding hydrogens is 633 g/mol. The summed E-state index contributed by atoms with van der Waals surface area (Å²) in [6, 6.07) is 49.4. The first-order chi connectivity index (χ1) is 25.3. The maximum absolute atomic E-state index is 6.92. The molecule has 0 aliphatic carbocycles. The Hall–Kier alpha value is -7.12. The molecule has 12 rings (SSSR count). The van der Waals surface area contributed by atoms with Gasteiger partial charge in [-0.15, -0.1) is 0 Å². The average Bonchev–Trinajstić information content (AvgIpc) is 3.73. The Kier molecular flexibility index (Phi) is 5.12. The molecule has 0 spiro atoms. The van der Waals surface area contributed by atoms with Gasteiger partial charge in [0.1, 0.15) is 22.4 Å². The van der Waals surface area contributed by atoms with E-state index >= 15 is 0 Å². The van der Waals surface area contributed by atoms with Gasteiger partial charge in [-0.25, -0.2) is 9.97 Å². The van der Waals surface area contributed by atoms with Crippen LogP contribution in [-0.4, -0.2) is 14.5 Å². The monoisotopic (exact) mass is 656 g/mol. The summed E-state index contributed by atoms with van der Waals surface area (Å²) >= 11 is 0. The summed E-state index contributed by atoms with van der Waals surface area (Å²) in [7, 11) is 0. The number of fused-ring (bicyclic) bond motifs is 12. The predicted molar refractivity (Wildman–Crippen MR) is 201 cm³/mol. The van der Waals surface area contributed by atoms with Crippen molar-refractivity contribution in [3.8, 4) is 40.2 Å². The van der Waals surface area contributed by atoms with Crippen molar-refractivity contribution in [2.75, 3.05) is 4.90 Å². The fourth-order valence-electron chi connectivity index (χ4n) is 7.97. The maximum Gasteiger partial charge on any atom is 0.235 e. The molecule has 0 bridgehead atoms. The van der Waals surface area contributed by atoms with E-state index < -0.39 is 0 Å². The molecule has 0 unspecified atom stereocenters. The number of benzene rings is 7. The lowest BCUT2D eigenvalue weighted by Gasteiger charge is -2.38. The van der Waals surface area contributed by atoms with Gasteiger partial charge < -0.3 is 13.9 Å². The summed E-state index contributed by atoms with van der Waals surface area (Å²) < 4.78 is 21.9. The quantitative estimate of drug-likeness (QED) is 0.184. The van der Waals surface area contributed by atoms with E-state index in [1.807, 2.05) is 72.8 Å². The number of furan rings is 1. The lowest BCUT2D eigenvalue weighted by Crippen LogP contribution is -2.20. The second-order valence-corrected chi connectivity index (χ2v) is 13.0. The third-order valence-corrected chi connectivity index (χ3v) is 10.2. The minimum absolute atomic E-state index is 0.550. The molecule has 7 heteroatoms. The number of hydrogen-bond acceptors (Lipinski definition) is 6. The van der Waals surface area contributed by atoms with Crippen LogP contribution >= 0.6 is 0 Å². The summed E-state index contributed by atoms with van der Waals surface area (Å²) in [4.78, 5) is 12.9. The SMILES string of the molecule is c1ccc2c(c1)Oc1cc3c4ccccc4n(-c4nc(-c5ccc6oc7ccccc7c6c5)c5ccccc5n4)c3c3c1N2c1ccccc1O3. The van der Waals surface area contributed by atoms with Crippen molar-refractivity contribution in [2.45, 2.75) is 0 Å². The largest absolute Gasteiger partial charge is 0.456 e. The lowest BCUT2D eigenvalue weighted by molar-refractivity contribution is 0.449. The minimum Gasteiger partial charge on any atom is -0.456 e. The van der Waals surface area contributed by atoms with E-state index in [1.165, 1.54) is 0 Å². The van der Waals surface area contributed by atoms with Crippen molar-refractivity contribution in [1.29, 1.82) is 0 Å². The van der Waals surface area contributed by atoms with E-state index in [9.17, 15) is 0 Å². The second-order valence-electron chi connectivity index (χ2n) is 13.0. The minimum atomic E-state index is 0.550. The van der Waals surface area contributed by atoms with Gasteiger partial charge in [-0.2, -0.15) is 0 Å². The first kappa shape index (κ1) is 26.8. The number of anilines is 3. The molecule has 2 aliphatic heterocycles. The molecule has 7 nitrogen and oxygen atoms in total. The van der Waals surface area contributed by atoms with Crippen LogP contribution in [0.4, 0.5) is 17.1 Å². The topological polar surface area (TPSA) is 65.5 Å².